The van der Waals surface area contributed by atoms with E-state index in [-0.39, 0.29) is 5.76 Å². The van der Waals surface area contributed by atoms with Gasteiger partial charge in [0.2, 0.25) is 0 Å². The maximum atomic E-state index is 10.3. The second kappa shape index (κ2) is 5.92. The number of aromatic nitrogens is 1. The molecule has 1 aliphatic rings. The minimum absolute atomic E-state index is 0.235. The van der Waals surface area contributed by atoms with Crippen molar-refractivity contribution < 1.29 is 5.11 Å². The molecule has 0 saturated heterocycles. The van der Waals surface area contributed by atoms with E-state index in [9.17, 15) is 5.11 Å². The molecule has 0 bridgehead atoms. The summed E-state index contributed by atoms with van der Waals surface area (Å²) < 4.78 is 0. The van der Waals surface area contributed by atoms with E-state index in [0.29, 0.717) is 29.5 Å². The van der Waals surface area contributed by atoms with Gasteiger partial charge in [-0.15, -0.1) is 34.0 Å². The first-order chi connectivity index (χ1) is 11.2. The maximum Gasteiger partial charge on any atom is 0.135 e. The number of hydrogen-bond acceptors (Lipinski definition) is 6. The Morgan fingerprint density at radius 3 is 2.74 bits per heavy atom. The quantitative estimate of drug-likeness (QED) is 0.710. The summed E-state index contributed by atoms with van der Waals surface area (Å²) in [6, 6.07) is 8.07. The van der Waals surface area contributed by atoms with E-state index in [1.807, 2.05) is 45.3 Å². The fourth-order valence-electron chi connectivity index (χ4n) is 2.51. The Morgan fingerprint density at radius 2 is 2.00 bits per heavy atom. The molecular weight excluding hydrogens is 346 g/mol. The molecule has 0 aliphatic carbocycles. The molecule has 23 heavy (non-hydrogen) atoms. The summed E-state index contributed by atoms with van der Waals surface area (Å²) in [7, 11) is 0. The van der Waals surface area contributed by atoms with Gasteiger partial charge in [0.1, 0.15) is 16.6 Å². The molecule has 4 nitrogen and oxygen atoms in total. The van der Waals surface area contributed by atoms with E-state index in [4.69, 9.17) is 5.41 Å². The van der Waals surface area contributed by atoms with Gasteiger partial charge in [0.05, 0.1) is 29.2 Å². The van der Waals surface area contributed by atoms with Crippen LogP contribution in [-0.2, 0) is 6.54 Å². The highest BCUT2D eigenvalue weighted by Gasteiger charge is 2.30. The van der Waals surface area contributed by atoms with Crippen LogP contribution in [0.15, 0.2) is 46.2 Å². The molecular formula is C16H13N3OS3. The zero-order valence-electron chi connectivity index (χ0n) is 12.0. The van der Waals surface area contributed by atoms with Crippen LogP contribution in [-0.4, -0.2) is 27.4 Å². The molecule has 0 aromatic carbocycles. The number of thiazole rings is 1. The summed E-state index contributed by atoms with van der Waals surface area (Å²) in [5.41, 5.74) is 1.47. The molecule has 0 unspecified atom stereocenters. The van der Waals surface area contributed by atoms with Crippen molar-refractivity contribution in [3.63, 3.8) is 0 Å². The van der Waals surface area contributed by atoms with Crippen LogP contribution < -0.4 is 0 Å². The molecule has 116 valence electrons. The molecule has 0 radical (unpaired) electrons. The Bertz CT molecular complexity index is 862. The Morgan fingerprint density at radius 1 is 1.17 bits per heavy atom. The van der Waals surface area contributed by atoms with Gasteiger partial charge in [-0.3, -0.25) is 5.41 Å². The van der Waals surface area contributed by atoms with Gasteiger partial charge in [0.15, 0.2) is 0 Å². The van der Waals surface area contributed by atoms with Crippen molar-refractivity contribution in [3.05, 3.63) is 56.0 Å². The highest BCUT2D eigenvalue weighted by Crippen LogP contribution is 2.34. The third-order valence-electron chi connectivity index (χ3n) is 3.60. The lowest BCUT2D eigenvalue weighted by atomic mass is 10.2. The van der Waals surface area contributed by atoms with Crippen molar-refractivity contribution in [2.45, 2.75) is 6.54 Å². The van der Waals surface area contributed by atoms with E-state index in [1.165, 1.54) is 16.2 Å². The van der Waals surface area contributed by atoms with Crippen molar-refractivity contribution in [1.29, 1.82) is 5.41 Å². The zero-order valence-corrected chi connectivity index (χ0v) is 14.5. The van der Waals surface area contributed by atoms with Crippen molar-refractivity contribution in [1.82, 2.24) is 9.88 Å². The highest BCUT2D eigenvalue weighted by atomic mass is 32.1. The maximum absolute atomic E-state index is 10.3. The van der Waals surface area contributed by atoms with Crippen LogP contribution in [0.1, 0.15) is 9.88 Å². The van der Waals surface area contributed by atoms with E-state index >= 15 is 0 Å². The number of amidine groups is 1. The van der Waals surface area contributed by atoms with E-state index in [2.05, 4.69) is 4.98 Å². The number of thiophene rings is 2. The lowest BCUT2D eigenvalue weighted by Crippen LogP contribution is -2.25. The molecule has 0 amide bonds. The van der Waals surface area contributed by atoms with Crippen molar-refractivity contribution >= 4 is 45.4 Å². The van der Waals surface area contributed by atoms with E-state index in [1.54, 1.807) is 22.7 Å². The van der Waals surface area contributed by atoms with Gasteiger partial charge in [0.25, 0.3) is 0 Å². The van der Waals surface area contributed by atoms with Crippen LogP contribution in [0.5, 0.6) is 0 Å². The zero-order chi connectivity index (χ0) is 15.8. The summed E-state index contributed by atoms with van der Waals surface area (Å²) in [5, 5.41) is 25.5. The summed E-state index contributed by atoms with van der Waals surface area (Å²) >= 11 is 4.78. The number of nitrogens with one attached hydrogen (secondary N) is 1. The number of rotatable bonds is 4. The molecule has 0 saturated carbocycles. The number of aliphatic hydroxyl groups is 1. The van der Waals surface area contributed by atoms with Gasteiger partial charge >= 0.3 is 0 Å². The minimum atomic E-state index is 0.235. The molecule has 3 aromatic rings. The lowest BCUT2D eigenvalue weighted by Gasteiger charge is -2.17. The third-order valence-corrected chi connectivity index (χ3v) is 6.21. The third kappa shape index (κ3) is 2.71. The van der Waals surface area contributed by atoms with Crippen LogP contribution in [0.25, 0.3) is 16.1 Å². The lowest BCUT2D eigenvalue weighted by molar-refractivity contribution is 0.348. The topological polar surface area (TPSA) is 60.2 Å². The van der Waals surface area contributed by atoms with Crippen molar-refractivity contribution in [2.24, 2.45) is 0 Å². The Balaban J connectivity index is 1.59. The van der Waals surface area contributed by atoms with Gasteiger partial charge in [-0.25, -0.2) is 4.98 Å². The minimum Gasteiger partial charge on any atom is -0.510 e. The molecule has 0 fully saturated rings. The van der Waals surface area contributed by atoms with Gasteiger partial charge in [-0.05, 0) is 22.9 Å². The standard InChI is InChI=1S/C16H13N3OS3/c17-15-14(12(20)8-19(15)7-10-3-1-5-21-10)16-18-11(9-23-16)13-4-2-6-22-13/h1-6,9,17,20H,7-8H2. The van der Waals surface area contributed by atoms with E-state index in [0.717, 1.165) is 10.6 Å². The molecule has 4 heterocycles. The fourth-order valence-corrected chi connectivity index (χ4v) is 4.88. The van der Waals surface area contributed by atoms with E-state index < -0.39 is 0 Å². The number of aliphatic hydroxyl groups excluding tert-OH is 1. The van der Waals surface area contributed by atoms with Gasteiger partial charge in [-0.2, -0.15) is 0 Å². The number of hydrogen-bond donors (Lipinski definition) is 2. The fraction of sp³-hybridized carbons (Fsp3) is 0.125. The average molecular weight is 360 g/mol. The second-order valence-electron chi connectivity index (χ2n) is 5.12. The first-order valence-corrected chi connectivity index (χ1v) is 9.64. The predicted molar refractivity (Wildman–Crippen MR) is 97.4 cm³/mol. The predicted octanol–water partition coefficient (Wildman–Crippen LogP) is 4.70. The first-order valence-electron chi connectivity index (χ1n) is 7.00. The molecule has 4 rings (SSSR count). The van der Waals surface area contributed by atoms with Gasteiger partial charge in [-0.1, -0.05) is 12.1 Å². The molecule has 2 N–H and O–H groups in total. The summed E-state index contributed by atoms with van der Waals surface area (Å²) in [4.78, 5) is 8.78. The van der Waals surface area contributed by atoms with Crippen LogP contribution in [0.2, 0.25) is 0 Å². The highest BCUT2D eigenvalue weighted by molar-refractivity contribution is 7.14. The van der Waals surface area contributed by atoms with Crippen LogP contribution in [0.3, 0.4) is 0 Å². The molecule has 0 spiro atoms. The second-order valence-corrected chi connectivity index (χ2v) is 7.96. The molecule has 7 heteroatoms. The average Bonchev–Trinajstić information content (AvgIpc) is 3.29. The van der Waals surface area contributed by atoms with Crippen molar-refractivity contribution in [3.8, 4) is 10.6 Å². The molecule has 1 aliphatic heterocycles. The normalized spacial score (nSPS) is 15.0. The Kier molecular flexibility index (Phi) is 3.76. The SMILES string of the molecule is N=C1C(c2nc(-c3cccs3)cs2)=C(O)CN1Cc1cccs1. The van der Waals surface area contributed by atoms with Crippen molar-refractivity contribution in [2.75, 3.05) is 6.54 Å². The van der Waals surface area contributed by atoms with Gasteiger partial charge < -0.3 is 10.0 Å². The smallest absolute Gasteiger partial charge is 0.135 e. The van der Waals surface area contributed by atoms with Gasteiger partial charge in [0, 0.05) is 10.3 Å². The van der Waals surface area contributed by atoms with Crippen LogP contribution in [0.4, 0.5) is 0 Å². The molecule has 0 atom stereocenters. The largest absolute Gasteiger partial charge is 0.510 e. The Labute approximate surface area is 145 Å². The Hall–Kier alpha value is -1.96. The summed E-state index contributed by atoms with van der Waals surface area (Å²) in [6.45, 7) is 1.02. The number of nitrogens with zero attached hydrogens (tertiary/aromatic N) is 2. The first kappa shape index (κ1) is 14.6. The van der Waals surface area contributed by atoms with Crippen LogP contribution in [0, 0.1) is 5.41 Å². The summed E-state index contributed by atoms with van der Waals surface area (Å²) in [5.74, 6) is 0.585. The summed E-state index contributed by atoms with van der Waals surface area (Å²) in [6.07, 6.45) is 0. The van der Waals surface area contributed by atoms with Crippen LogP contribution >= 0.6 is 34.0 Å². The monoisotopic (exact) mass is 359 g/mol. The molecule has 3 aromatic heterocycles.